The Morgan fingerprint density at radius 3 is 1.00 bits per heavy atom. The molecule has 0 aromatic heterocycles. The van der Waals surface area contributed by atoms with Crippen LogP contribution in [-0.4, -0.2) is 11.8 Å². The summed E-state index contributed by atoms with van der Waals surface area (Å²) in [6.45, 7) is 0.343. The Bertz CT molecular complexity index is 2170. The zero-order chi connectivity index (χ0) is 41.0. The molecule has 4 nitrogen and oxygen atoms in total. The Hall–Kier alpha value is -6.61. The Labute approximate surface area is 357 Å². The van der Waals surface area contributed by atoms with Crippen molar-refractivity contribution >= 4 is 23.2 Å². The van der Waals surface area contributed by atoms with Crippen molar-refractivity contribution in [3.05, 3.63) is 264 Å². The number of benzene rings is 6. The van der Waals surface area contributed by atoms with E-state index in [0.717, 1.165) is 23.3 Å². The number of carbonyl (C=O) groups excluding carboxylic acids is 2. The van der Waals surface area contributed by atoms with Crippen LogP contribution in [0.5, 0.6) is 0 Å². The second kappa shape index (κ2) is 24.2. The normalized spacial score (nSPS) is 9.83. The summed E-state index contributed by atoms with van der Waals surface area (Å²) in [6, 6.07) is 64.3. The van der Waals surface area contributed by atoms with Gasteiger partial charge in [0.1, 0.15) is 0 Å². The summed E-state index contributed by atoms with van der Waals surface area (Å²) in [4.78, 5) is 28.3. The SMILES string of the molecule is O=C(c1ccccc1)N(Cc1ccccc1)c1ccc(F)[c-]c1F.O=C(c1ccccc1)N(Cc1ccccc1)c1ccc(F)[c-]c1F.[Ti+4].c1cc[cH-]c1.c1cc[cH-]c1. The first-order valence-electron chi connectivity index (χ1n) is 18.2. The molecular weight excluding hydrogens is 784 g/mol. The van der Waals surface area contributed by atoms with Gasteiger partial charge in [0.05, 0.1) is 0 Å². The van der Waals surface area contributed by atoms with E-state index in [9.17, 15) is 27.2 Å². The van der Waals surface area contributed by atoms with Crippen molar-refractivity contribution in [2.45, 2.75) is 13.1 Å². The maximum absolute atomic E-state index is 14.2. The van der Waals surface area contributed by atoms with Crippen LogP contribution in [0, 0.1) is 35.4 Å². The molecule has 8 aromatic carbocycles. The molecule has 0 saturated carbocycles. The molecule has 0 unspecified atom stereocenters. The summed E-state index contributed by atoms with van der Waals surface area (Å²) in [7, 11) is 0. The van der Waals surface area contributed by atoms with Gasteiger partial charge in [-0.3, -0.25) is 9.59 Å². The average molecular weight is 823 g/mol. The molecule has 0 aliphatic heterocycles. The minimum absolute atomic E-state index is 0. The van der Waals surface area contributed by atoms with Crippen LogP contribution in [0.3, 0.4) is 0 Å². The molecule has 0 spiro atoms. The summed E-state index contributed by atoms with van der Waals surface area (Å²) in [5.74, 6) is -4.12. The van der Waals surface area contributed by atoms with Gasteiger partial charge < -0.3 is 9.80 Å². The van der Waals surface area contributed by atoms with Crippen LogP contribution < -0.4 is 9.80 Å². The first kappa shape index (κ1) is 45.1. The van der Waals surface area contributed by atoms with Crippen molar-refractivity contribution in [1.29, 1.82) is 0 Å². The fourth-order valence-corrected chi connectivity index (χ4v) is 5.47. The molecule has 0 fully saturated rings. The van der Waals surface area contributed by atoms with E-state index >= 15 is 0 Å². The van der Waals surface area contributed by atoms with E-state index in [1.807, 2.05) is 133 Å². The van der Waals surface area contributed by atoms with Crippen molar-refractivity contribution in [1.82, 2.24) is 0 Å². The average Bonchev–Trinajstić information content (AvgIpc) is 4.05. The summed E-state index contributed by atoms with van der Waals surface area (Å²) < 4.78 is 54.7. The maximum Gasteiger partial charge on any atom is 4.00 e. The number of amides is 2. The van der Waals surface area contributed by atoms with E-state index in [1.54, 1.807) is 60.7 Å². The van der Waals surface area contributed by atoms with Gasteiger partial charge in [0.25, 0.3) is 0 Å². The van der Waals surface area contributed by atoms with Gasteiger partial charge in [-0.15, -0.1) is 36.4 Å². The van der Waals surface area contributed by atoms with Crippen molar-refractivity contribution in [3.63, 3.8) is 0 Å². The topological polar surface area (TPSA) is 40.6 Å². The zero-order valence-electron chi connectivity index (χ0n) is 31.8. The van der Waals surface area contributed by atoms with E-state index in [1.165, 1.54) is 21.9 Å². The van der Waals surface area contributed by atoms with Gasteiger partial charge >= 0.3 is 21.7 Å². The number of halogens is 4. The molecule has 292 valence electrons. The number of rotatable bonds is 8. The number of anilines is 2. The van der Waals surface area contributed by atoms with Crippen molar-refractivity contribution in [2.24, 2.45) is 0 Å². The molecule has 0 saturated heterocycles. The fourth-order valence-electron chi connectivity index (χ4n) is 5.47. The second-order valence-electron chi connectivity index (χ2n) is 12.4. The van der Waals surface area contributed by atoms with Crippen LogP contribution in [0.2, 0.25) is 0 Å². The minimum Gasteiger partial charge on any atom is -0.355 e. The number of hydrogen-bond acceptors (Lipinski definition) is 2. The summed E-state index contributed by atoms with van der Waals surface area (Å²) in [6.07, 6.45) is 0. The van der Waals surface area contributed by atoms with Gasteiger partial charge in [0.2, 0.25) is 11.8 Å². The molecule has 2 amide bonds. The standard InChI is InChI=1S/2C20H14F2NO.2C5H5.Ti/c2*21-17-11-12-19(18(22)13-17)23(14-15-7-3-1-4-8-15)20(24)16-9-5-2-6-10-16;2*1-2-4-5-3-1;/h2*1-12H,14H2;2*1-5H;/q4*-1;+4. The van der Waals surface area contributed by atoms with Crippen LogP contribution >= 0.6 is 0 Å². The summed E-state index contributed by atoms with van der Waals surface area (Å²) in [5.41, 5.74) is 2.52. The fraction of sp³-hybridized carbons (Fsp3) is 0.0400. The van der Waals surface area contributed by atoms with Crippen LogP contribution in [0.15, 0.2) is 206 Å². The first-order chi connectivity index (χ1) is 28.3. The van der Waals surface area contributed by atoms with Gasteiger partial charge in [-0.1, -0.05) is 97.1 Å². The quantitative estimate of drug-likeness (QED) is 0.0870. The van der Waals surface area contributed by atoms with Crippen molar-refractivity contribution in [3.8, 4) is 0 Å². The molecule has 0 N–H and O–H groups in total. The minimum atomic E-state index is -0.893. The summed E-state index contributed by atoms with van der Waals surface area (Å²) >= 11 is 0. The largest absolute Gasteiger partial charge is 4.00 e. The molecule has 0 radical (unpaired) electrons. The Morgan fingerprint density at radius 2 is 0.729 bits per heavy atom. The third kappa shape index (κ3) is 14.4. The zero-order valence-corrected chi connectivity index (χ0v) is 33.3. The molecule has 9 heteroatoms. The van der Waals surface area contributed by atoms with Crippen LogP contribution in [-0.2, 0) is 34.8 Å². The molecule has 8 aromatic rings. The van der Waals surface area contributed by atoms with Crippen LogP contribution in [0.25, 0.3) is 0 Å². The summed E-state index contributed by atoms with van der Waals surface area (Å²) in [5, 5.41) is 0. The van der Waals surface area contributed by atoms with Crippen LogP contribution in [0.4, 0.5) is 28.9 Å². The van der Waals surface area contributed by atoms with E-state index in [4.69, 9.17) is 0 Å². The van der Waals surface area contributed by atoms with Gasteiger partial charge in [-0.05, 0) is 46.8 Å². The molecule has 59 heavy (non-hydrogen) atoms. The monoisotopic (exact) mass is 822 g/mol. The maximum atomic E-state index is 14.2. The van der Waals surface area contributed by atoms with Gasteiger partial charge in [0.15, 0.2) is 0 Å². The van der Waals surface area contributed by atoms with E-state index in [2.05, 4.69) is 0 Å². The van der Waals surface area contributed by atoms with E-state index < -0.39 is 23.3 Å². The third-order valence-corrected chi connectivity index (χ3v) is 8.27. The predicted molar refractivity (Wildman–Crippen MR) is 221 cm³/mol. The smallest absolute Gasteiger partial charge is 0.355 e. The molecule has 0 atom stereocenters. The number of carbonyl (C=O) groups is 2. The van der Waals surface area contributed by atoms with E-state index in [0.29, 0.717) is 11.1 Å². The molecule has 8 rings (SSSR count). The molecule has 0 aliphatic rings. The molecule has 0 heterocycles. The van der Waals surface area contributed by atoms with Crippen molar-refractivity contribution in [2.75, 3.05) is 9.80 Å². The first-order valence-corrected chi connectivity index (χ1v) is 18.2. The van der Waals surface area contributed by atoms with Gasteiger partial charge in [-0.2, -0.15) is 36.4 Å². The van der Waals surface area contributed by atoms with Crippen molar-refractivity contribution < 1.29 is 48.9 Å². The van der Waals surface area contributed by atoms with E-state index in [-0.39, 0.29) is 58.0 Å². The van der Waals surface area contributed by atoms with Gasteiger partial charge in [-0.25, -0.2) is 41.8 Å². The molecule has 0 aliphatic carbocycles. The second-order valence-corrected chi connectivity index (χ2v) is 12.4. The molecule has 0 bridgehead atoms. The number of nitrogens with zero attached hydrogens (tertiary/aromatic N) is 2. The molecular formula is C50H38F4N2O2Ti. The third-order valence-electron chi connectivity index (χ3n) is 8.27. The Kier molecular flexibility index (Phi) is 18.5. The number of hydrogen-bond donors (Lipinski definition) is 0. The predicted octanol–water partition coefficient (Wildman–Crippen LogP) is 12.0. The Balaban J connectivity index is 0.000000207. The Morgan fingerprint density at radius 1 is 0.424 bits per heavy atom. The van der Waals surface area contributed by atoms with Gasteiger partial charge in [0, 0.05) is 47.5 Å². The van der Waals surface area contributed by atoms with Crippen LogP contribution in [0.1, 0.15) is 31.8 Å².